The Balaban J connectivity index is 2.03. The number of carbonyl (C=O) groups excluding carboxylic acids is 2. The lowest BCUT2D eigenvalue weighted by Gasteiger charge is -2.41. The maximum atomic E-state index is 14.6. The molecule has 1 atom stereocenters. The van der Waals surface area contributed by atoms with Crippen molar-refractivity contribution in [1.82, 2.24) is 10.0 Å². The fraction of sp³-hybridized carbons (Fsp3) is 0.333. The van der Waals surface area contributed by atoms with E-state index >= 15 is 0 Å². The second-order valence-corrected chi connectivity index (χ2v) is 9.28. The molecule has 0 radical (unpaired) electrons. The van der Waals surface area contributed by atoms with Gasteiger partial charge in [-0.25, -0.2) is 8.42 Å². The molecule has 14 heteroatoms. The highest BCUT2D eigenvalue weighted by molar-refractivity contribution is 7.71. The summed E-state index contributed by atoms with van der Waals surface area (Å²) >= 11 is 0. The number of aryl methyl sites for hydroxylation is 1. The van der Waals surface area contributed by atoms with Crippen molar-refractivity contribution in [2.24, 2.45) is 0 Å². The Bertz CT molecular complexity index is 1290. The Hall–Kier alpha value is -3.55. The molecule has 0 aromatic heterocycles. The molecule has 7 nitrogen and oxygen atoms in total. The topological polar surface area (TPSA) is 102 Å². The molecule has 0 bridgehead atoms. The Morgan fingerprint density at radius 3 is 2.16 bits per heavy atom. The SMILES string of the molecule is Cc1ccc(C2=C(C(=O)N[SH](=O)=O)C(=O)N[C@@](c3ccc(OCCCC(F)(F)F)cc3)(C(F)(F)F)C2)cc1. The average molecular weight is 565 g/mol. The van der Waals surface area contributed by atoms with E-state index in [9.17, 15) is 44.3 Å². The Labute approximate surface area is 214 Å². The first-order chi connectivity index (χ1) is 17.6. The van der Waals surface area contributed by atoms with E-state index in [1.807, 2.05) is 5.32 Å². The van der Waals surface area contributed by atoms with Crippen LogP contribution in [0.1, 0.15) is 36.0 Å². The van der Waals surface area contributed by atoms with Crippen molar-refractivity contribution in [1.29, 1.82) is 0 Å². The molecule has 1 aliphatic heterocycles. The first kappa shape index (κ1) is 29.0. The van der Waals surface area contributed by atoms with Gasteiger partial charge in [-0.1, -0.05) is 42.0 Å². The van der Waals surface area contributed by atoms with E-state index in [4.69, 9.17) is 4.74 Å². The number of rotatable bonds is 8. The monoisotopic (exact) mass is 564 g/mol. The summed E-state index contributed by atoms with van der Waals surface area (Å²) in [6, 6.07) is 10.2. The third kappa shape index (κ3) is 6.65. The first-order valence-corrected chi connectivity index (χ1v) is 12.3. The zero-order valence-electron chi connectivity index (χ0n) is 19.7. The van der Waals surface area contributed by atoms with E-state index in [2.05, 4.69) is 0 Å². The summed E-state index contributed by atoms with van der Waals surface area (Å²) < 4.78 is 110. The molecule has 0 spiro atoms. The number of nitrogens with one attached hydrogen (secondary N) is 2. The predicted molar refractivity (Wildman–Crippen MR) is 124 cm³/mol. The van der Waals surface area contributed by atoms with Crippen LogP contribution in [0.2, 0.25) is 0 Å². The average Bonchev–Trinajstić information content (AvgIpc) is 2.80. The predicted octanol–water partition coefficient (Wildman–Crippen LogP) is 4.09. The summed E-state index contributed by atoms with van der Waals surface area (Å²) in [6.45, 7) is 1.40. The van der Waals surface area contributed by atoms with Crippen LogP contribution >= 0.6 is 0 Å². The molecule has 2 aromatic rings. The zero-order chi connectivity index (χ0) is 28.3. The fourth-order valence-corrected chi connectivity index (χ4v) is 4.26. The van der Waals surface area contributed by atoms with Crippen LogP contribution < -0.4 is 14.8 Å². The number of halogens is 6. The molecule has 2 N–H and O–H groups in total. The number of carbonyl (C=O) groups is 2. The molecule has 0 saturated heterocycles. The molecular weight excluding hydrogens is 542 g/mol. The number of ether oxygens (including phenoxy) is 1. The minimum absolute atomic E-state index is 0.0176. The van der Waals surface area contributed by atoms with Crippen molar-refractivity contribution in [3.05, 3.63) is 70.8 Å². The largest absolute Gasteiger partial charge is 0.494 e. The smallest absolute Gasteiger partial charge is 0.416 e. The standard InChI is InChI=1S/C24H22F6N2O5S/c1-14-3-5-15(6-4-14)18-13-22(24(28,29)30,31-20(33)19(18)21(34)32-38(35)36)16-7-9-17(10-8-16)37-12-2-11-23(25,26)27/h3-10,38H,2,11-13H2,1H3,(H,31,33)(H,32,34,35,36)/t22-/m0/s1. The van der Waals surface area contributed by atoms with Gasteiger partial charge in [0, 0.05) is 12.8 Å². The van der Waals surface area contributed by atoms with Crippen molar-refractivity contribution in [3.63, 3.8) is 0 Å². The molecule has 3 rings (SSSR count). The van der Waals surface area contributed by atoms with E-state index in [1.54, 1.807) is 19.1 Å². The van der Waals surface area contributed by atoms with Gasteiger partial charge in [0.15, 0.2) is 5.54 Å². The zero-order valence-corrected chi connectivity index (χ0v) is 20.6. The Morgan fingerprint density at radius 1 is 1.03 bits per heavy atom. The van der Waals surface area contributed by atoms with Crippen LogP contribution in [0.15, 0.2) is 54.1 Å². The summed E-state index contributed by atoms with van der Waals surface area (Å²) in [5.41, 5.74) is -3.70. The lowest BCUT2D eigenvalue weighted by Crippen LogP contribution is -2.59. The molecule has 0 aliphatic carbocycles. The minimum Gasteiger partial charge on any atom is -0.494 e. The lowest BCUT2D eigenvalue weighted by atomic mass is 9.76. The molecule has 2 amide bonds. The summed E-state index contributed by atoms with van der Waals surface area (Å²) in [7, 11) is -3.50. The summed E-state index contributed by atoms with van der Waals surface area (Å²) in [5.74, 6) is -2.80. The fourth-order valence-electron chi connectivity index (χ4n) is 3.98. The highest BCUT2D eigenvalue weighted by Crippen LogP contribution is 2.48. The van der Waals surface area contributed by atoms with Crippen LogP contribution in [0.3, 0.4) is 0 Å². The van der Waals surface area contributed by atoms with Crippen molar-refractivity contribution in [3.8, 4) is 5.75 Å². The summed E-state index contributed by atoms with van der Waals surface area (Å²) in [4.78, 5) is 25.5. The number of thiol groups is 1. The molecule has 2 aromatic carbocycles. The molecule has 38 heavy (non-hydrogen) atoms. The van der Waals surface area contributed by atoms with Gasteiger partial charge in [0.2, 0.25) is 10.9 Å². The second-order valence-electron chi connectivity index (χ2n) is 8.54. The van der Waals surface area contributed by atoms with Crippen molar-refractivity contribution in [2.45, 2.75) is 44.1 Å². The van der Waals surface area contributed by atoms with E-state index in [0.29, 0.717) is 0 Å². The maximum Gasteiger partial charge on any atom is 0.416 e. The van der Waals surface area contributed by atoms with Crippen LogP contribution in [0, 0.1) is 6.92 Å². The van der Waals surface area contributed by atoms with Crippen LogP contribution in [0.25, 0.3) is 5.57 Å². The van der Waals surface area contributed by atoms with Crippen LogP contribution in [-0.2, 0) is 26.0 Å². The van der Waals surface area contributed by atoms with E-state index in [0.717, 1.165) is 29.8 Å². The van der Waals surface area contributed by atoms with Gasteiger partial charge in [-0.3, -0.25) is 14.3 Å². The quantitative estimate of drug-likeness (QED) is 0.194. The molecule has 1 aliphatic rings. The van der Waals surface area contributed by atoms with Crippen molar-refractivity contribution >= 4 is 28.3 Å². The third-order valence-electron chi connectivity index (χ3n) is 5.82. The molecular formula is C24H22F6N2O5S. The van der Waals surface area contributed by atoms with Crippen molar-refractivity contribution in [2.75, 3.05) is 6.61 Å². The van der Waals surface area contributed by atoms with Gasteiger partial charge in [0.25, 0.3) is 11.8 Å². The first-order valence-electron chi connectivity index (χ1n) is 11.1. The van der Waals surface area contributed by atoms with E-state index < -0.39 is 64.6 Å². The third-order valence-corrected chi connectivity index (χ3v) is 6.21. The minimum atomic E-state index is -5.08. The van der Waals surface area contributed by atoms with Gasteiger partial charge in [-0.2, -0.15) is 26.3 Å². The van der Waals surface area contributed by atoms with Gasteiger partial charge in [0.1, 0.15) is 11.3 Å². The molecule has 1 heterocycles. The van der Waals surface area contributed by atoms with E-state index in [-0.39, 0.29) is 29.9 Å². The van der Waals surface area contributed by atoms with E-state index in [1.165, 1.54) is 16.9 Å². The summed E-state index contributed by atoms with van der Waals surface area (Å²) in [6.07, 6.45) is -11.8. The van der Waals surface area contributed by atoms with Crippen LogP contribution in [0.5, 0.6) is 5.75 Å². The molecule has 0 unspecified atom stereocenters. The Kier molecular flexibility index (Phi) is 8.44. The van der Waals surface area contributed by atoms with Crippen LogP contribution in [0.4, 0.5) is 26.3 Å². The van der Waals surface area contributed by atoms with Gasteiger partial charge in [0.05, 0.1) is 6.61 Å². The number of hydrogen-bond acceptors (Lipinski definition) is 5. The number of amides is 2. The maximum absolute atomic E-state index is 14.6. The normalized spacial score (nSPS) is 18.4. The van der Waals surface area contributed by atoms with Gasteiger partial charge >= 0.3 is 12.4 Å². The Morgan fingerprint density at radius 2 is 1.63 bits per heavy atom. The number of alkyl halides is 6. The molecule has 0 fully saturated rings. The lowest BCUT2D eigenvalue weighted by molar-refractivity contribution is -0.201. The molecule has 206 valence electrons. The highest BCUT2D eigenvalue weighted by atomic mass is 32.2. The van der Waals surface area contributed by atoms with Gasteiger partial charge in [-0.15, -0.1) is 0 Å². The van der Waals surface area contributed by atoms with Gasteiger partial charge in [-0.05, 0) is 42.2 Å². The highest BCUT2D eigenvalue weighted by Gasteiger charge is 2.60. The number of hydrogen-bond donors (Lipinski definition) is 3. The molecule has 0 saturated carbocycles. The number of benzene rings is 2. The summed E-state index contributed by atoms with van der Waals surface area (Å²) in [5, 5.41) is 1.84. The van der Waals surface area contributed by atoms with Crippen molar-refractivity contribution < 1.29 is 49.1 Å². The second kappa shape index (κ2) is 11.1. The van der Waals surface area contributed by atoms with Gasteiger partial charge < -0.3 is 10.1 Å². The van der Waals surface area contributed by atoms with Crippen LogP contribution in [-0.4, -0.2) is 39.2 Å².